The molecule has 45 nitrogen and oxygen atoms in total. The molecule has 0 radical (unpaired) electrons. The molecule has 0 aliphatic rings. The molecule has 0 saturated carbocycles. The summed E-state index contributed by atoms with van der Waals surface area (Å²) in [6, 6.07) is 24.5. The number of carboxylic acid groups (broad SMARTS) is 6. The van der Waals surface area contributed by atoms with Crippen molar-refractivity contribution < 1.29 is 198 Å². The van der Waals surface area contributed by atoms with Gasteiger partial charge in [0.15, 0.2) is 0 Å². The molecule has 0 fully saturated rings. The van der Waals surface area contributed by atoms with Crippen molar-refractivity contribution in [3.8, 4) is 34.5 Å². The zero-order valence-corrected chi connectivity index (χ0v) is 70.1. The summed E-state index contributed by atoms with van der Waals surface area (Å²) >= 11 is 0. The van der Waals surface area contributed by atoms with Crippen LogP contribution in [0.25, 0.3) is 21.5 Å². The SMILES string of the molecule is C=C(C)C(=O)OCCO.C=C(C)C(=O)OCCOC(=O)c1cc(C(=O)OCCOc2cccc(OCCOC(=O)c3cc(C(=O)OCCOc4cccc(OCCOC(=O)c5cc(C(=O)OCCOC(=O)C(=C)C)c(C(=O)O)cc5C(=O)O)c4)c(C(=O)O)cc3C(=O)O)c2)c(C(=O)O)cc1C(=O)O.O=c1oc(=O)c2cc3c(=O)oc(=O)c3cc12.OCCOc1cccc(OCCO)c1. The van der Waals surface area contributed by atoms with Crippen LogP contribution in [0.2, 0.25) is 0 Å². The lowest BCUT2D eigenvalue weighted by molar-refractivity contribution is -0.140. The van der Waals surface area contributed by atoms with Crippen LogP contribution in [0.5, 0.6) is 34.5 Å². The monoisotopic (exact) mass is 1860 g/mol. The second kappa shape index (κ2) is 51.5. The summed E-state index contributed by atoms with van der Waals surface area (Å²) in [4.78, 5) is 229. The molecule has 0 atom stereocenters. The number of aliphatic hydroxyl groups excluding tert-OH is 3. The van der Waals surface area contributed by atoms with Crippen molar-refractivity contribution in [1.82, 2.24) is 0 Å². The van der Waals surface area contributed by atoms with E-state index in [9.17, 15) is 122 Å². The first kappa shape index (κ1) is 105. The molecule has 133 heavy (non-hydrogen) atoms. The van der Waals surface area contributed by atoms with Gasteiger partial charge in [0.05, 0.1) is 108 Å². The first-order valence-corrected chi connectivity index (χ1v) is 38.3. The van der Waals surface area contributed by atoms with E-state index in [0.717, 1.165) is 12.1 Å². The summed E-state index contributed by atoms with van der Waals surface area (Å²) in [6.07, 6.45) is 0. The molecule has 0 amide bonds. The molecule has 0 unspecified atom stereocenters. The Labute approximate surface area is 746 Å². The Morgan fingerprint density at radius 2 is 0.414 bits per heavy atom. The average Bonchev–Trinajstić information content (AvgIpc) is 1.65. The minimum Gasteiger partial charge on any atom is -0.491 e. The van der Waals surface area contributed by atoms with Gasteiger partial charge in [-0.25, -0.2) is 91.1 Å². The quantitative estimate of drug-likeness (QED) is 0.00999. The van der Waals surface area contributed by atoms with Crippen molar-refractivity contribution in [2.24, 2.45) is 0 Å². The van der Waals surface area contributed by atoms with E-state index in [4.69, 9.17) is 81.6 Å². The Kier molecular flexibility index (Phi) is 40.5. The lowest BCUT2D eigenvalue weighted by Gasteiger charge is -2.14. The fraction of sp³-hybridized carbons (Fsp3) is 0.239. The van der Waals surface area contributed by atoms with Crippen molar-refractivity contribution in [3.63, 3.8) is 0 Å². The Morgan fingerprint density at radius 3 is 0.602 bits per heavy atom. The molecule has 0 saturated heterocycles. The van der Waals surface area contributed by atoms with E-state index in [0.29, 0.717) is 53.5 Å². The molecule has 2 aromatic heterocycles. The lowest BCUT2D eigenvalue weighted by Crippen LogP contribution is -2.21. The van der Waals surface area contributed by atoms with Crippen LogP contribution in [0.15, 0.2) is 186 Å². The summed E-state index contributed by atoms with van der Waals surface area (Å²) in [6.45, 7) is 9.30. The first-order valence-electron chi connectivity index (χ1n) is 38.3. The summed E-state index contributed by atoms with van der Waals surface area (Å²) < 4.78 is 86.0. The smallest absolute Gasteiger partial charge is 0.346 e. The zero-order chi connectivity index (χ0) is 98.3. The minimum atomic E-state index is -1.77. The Balaban J connectivity index is 0.000000562. The van der Waals surface area contributed by atoms with Gasteiger partial charge in [-0.3, -0.25) is 0 Å². The summed E-state index contributed by atoms with van der Waals surface area (Å²) in [5.74, 6) is -18.6. The van der Waals surface area contributed by atoms with E-state index in [2.05, 4.69) is 33.3 Å². The van der Waals surface area contributed by atoms with Gasteiger partial charge >= 0.3 is 112 Å². The number of aromatic carboxylic acids is 6. The third-order valence-corrected chi connectivity index (χ3v) is 16.5. The van der Waals surface area contributed by atoms with Crippen LogP contribution < -0.4 is 50.9 Å². The van der Waals surface area contributed by atoms with Crippen molar-refractivity contribution >= 4 is 111 Å². The number of esters is 9. The molecule has 7 aromatic carbocycles. The maximum absolute atomic E-state index is 13.3. The van der Waals surface area contributed by atoms with Crippen molar-refractivity contribution in [1.29, 1.82) is 0 Å². The molecule has 9 rings (SSSR count). The summed E-state index contributed by atoms with van der Waals surface area (Å²) in [7, 11) is 0. The number of carbonyl (C=O) groups excluding carboxylic acids is 9. The molecule has 9 aromatic rings. The highest BCUT2D eigenvalue weighted by molar-refractivity contribution is 6.13. The van der Waals surface area contributed by atoms with E-state index in [1.54, 1.807) is 31.2 Å². The molecule has 0 aliphatic carbocycles. The molecule has 0 spiro atoms. The second-order valence-corrected chi connectivity index (χ2v) is 26.2. The third kappa shape index (κ3) is 31.6. The Bertz CT molecular complexity index is 5720. The summed E-state index contributed by atoms with van der Waals surface area (Å²) in [5.41, 5.74) is -12.2. The number of aliphatic hydroxyl groups is 3. The van der Waals surface area contributed by atoms with Crippen LogP contribution in [-0.2, 0) is 57.0 Å². The van der Waals surface area contributed by atoms with E-state index < -0.39 is 232 Å². The summed E-state index contributed by atoms with van der Waals surface area (Å²) in [5, 5.41) is 83.8. The van der Waals surface area contributed by atoms with Crippen LogP contribution in [0.3, 0.4) is 0 Å². The highest BCUT2D eigenvalue weighted by Crippen LogP contribution is 2.28. The van der Waals surface area contributed by atoms with E-state index >= 15 is 0 Å². The highest BCUT2D eigenvalue weighted by atomic mass is 16.6. The largest absolute Gasteiger partial charge is 0.491 e. The van der Waals surface area contributed by atoms with E-state index in [1.165, 1.54) is 62.4 Å². The number of benzene rings is 7. The predicted molar refractivity (Wildman–Crippen MR) is 447 cm³/mol. The number of fused-ring (bicyclic) bond motifs is 2. The number of hydrogen-bond donors (Lipinski definition) is 9. The van der Waals surface area contributed by atoms with Crippen molar-refractivity contribution in [2.75, 3.05) is 119 Å². The van der Waals surface area contributed by atoms with Crippen LogP contribution in [0.1, 0.15) is 145 Å². The van der Waals surface area contributed by atoms with E-state index in [-0.39, 0.29) is 122 Å². The maximum Gasteiger partial charge on any atom is 0.346 e. The molecule has 9 N–H and O–H groups in total. The number of carbonyl (C=O) groups is 15. The molecule has 0 aliphatic heterocycles. The van der Waals surface area contributed by atoms with Gasteiger partial charge in [-0.15, -0.1) is 0 Å². The minimum absolute atomic E-state index is 0.0122. The maximum atomic E-state index is 13.3. The van der Waals surface area contributed by atoms with E-state index in [1.807, 2.05) is 0 Å². The van der Waals surface area contributed by atoms with Gasteiger partial charge in [0, 0.05) is 34.9 Å². The Hall–Kier alpha value is -17.2. The molecule has 0 bridgehead atoms. The first-order chi connectivity index (χ1) is 63.2. The number of ether oxygens (including phenoxy) is 15. The van der Waals surface area contributed by atoms with Gasteiger partial charge in [-0.2, -0.15) is 0 Å². The standard InChI is InChI=1S/C62H54O32.C10H2O6.C10H14O4.C6H10O3/c1-31(2)55(75)87-19-21-93-61(81)47-29-45(39(51(67)68)26-41(47)53(71)72)59(79)91-17-13-85-35-9-5-7-33(23-35)83-11-15-89-57(77)43-28-44(38(50(65)66)25-37(43)49(63)64)58(78)90-16-12-84-34-8-6-10-36(24-34)86-14-18-92-60(80)46-30-48(42(54(73)74)27-40(46)52(69)70)62(82)94-22-20-88-56(76)32(3)4;11-7-3-1-4-6(10(14)16-8(4)12)2-5(3)9(13)15-7;11-4-6-13-9-2-1-3-10(8-9)14-7-5-12;1-5(2)6(8)9-4-3-7/h5-10,23-30H,1,3,11-22H2,2,4H3,(H,63,64)(H,65,66)(H,67,68)(H,69,70)(H,71,72)(H,73,74);1-2H;1-3,8,11-12H,4-7H2;7H,1,3-4H2,2H3. The number of furan rings is 2. The van der Waals surface area contributed by atoms with Crippen molar-refractivity contribution in [3.05, 3.63) is 266 Å². The Morgan fingerprint density at radius 1 is 0.241 bits per heavy atom. The molecule has 702 valence electrons. The number of hydrogen-bond acceptors (Lipinski definition) is 39. The number of carboxylic acids is 6. The van der Waals surface area contributed by atoms with Gasteiger partial charge in [0.2, 0.25) is 0 Å². The topological polar surface area (TPSA) is 671 Å². The zero-order valence-electron chi connectivity index (χ0n) is 70.1. The third-order valence-electron chi connectivity index (χ3n) is 16.5. The van der Waals surface area contributed by atoms with Crippen LogP contribution in [0, 0.1) is 0 Å². The van der Waals surface area contributed by atoms with Crippen LogP contribution in [0.4, 0.5) is 0 Å². The highest BCUT2D eigenvalue weighted by Gasteiger charge is 2.32. The van der Waals surface area contributed by atoms with Gasteiger partial charge in [0.1, 0.15) is 134 Å². The van der Waals surface area contributed by atoms with Gasteiger partial charge in [-0.1, -0.05) is 37.9 Å². The lowest BCUT2D eigenvalue weighted by atomic mass is 9.98. The fourth-order valence-corrected chi connectivity index (χ4v) is 10.5. The molecule has 45 heteroatoms. The van der Waals surface area contributed by atoms with Crippen LogP contribution >= 0.6 is 0 Å². The number of rotatable bonds is 45. The second-order valence-electron chi connectivity index (χ2n) is 26.2. The fourth-order valence-electron chi connectivity index (χ4n) is 10.5. The van der Waals surface area contributed by atoms with Gasteiger partial charge < -0.3 is 126 Å². The predicted octanol–water partition coefficient (Wildman–Crippen LogP) is 5.39. The van der Waals surface area contributed by atoms with Crippen molar-refractivity contribution in [2.45, 2.75) is 20.8 Å². The average molecular weight is 1860 g/mol. The van der Waals surface area contributed by atoms with Crippen LogP contribution in [-0.4, -0.2) is 254 Å². The molecule has 2 heterocycles. The molecular formula is C88H80O45. The normalized spacial score (nSPS) is 10.4. The van der Waals surface area contributed by atoms with Gasteiger partial charge in [-0.05, 0) is 106 Å². The molecular weight excluding hydrogens is 1780 g/mol. The van der Waals surface area contributed by atoms with Gasteiger partial charge in [0.25, 0.3) is 0 Å².